The number of fused-ring (bicyclic) bond motifs is 1. The van der Waals surface area contributed by atoms with E-state index in [1.807, 2.05) is 24.4 Å². The topological polar surface area (TPSA) is 72.4 Å². The molecule has 152 valence electrons. The number of alkyl halides is 2. The fourth-order valence-corrected chi connectivity index (χ4v) is 4.43. The van der Waals surface area contributed by atoms with Crippen LogP contribution < -0.4 is 11.1 Å². The largest absolute Gasteiger partial charge is 0.342 e. The molecule has 1 saturated carbocycles. The molecule has 2 aromatic rings. The quantitative estimate of drug-likeness (QED) is 0.721. The summed E-state index contributed by atoms with van der Waals surface area (Å²) in [5.74, 6) is -3.72. The number of carbonyl (C=O) groups is 1. The van der Waals surface area contributed by atoms with E-state index in [-0.39, 0.29) is 18.4 Å². The molecule has 1 amide bonds. The van der Waals surface area contributed by atoms with Crippen molar-refractivity contribution in [2.45, 2.75) is 43.7 Å². The van der Waals surface area contributed by atoms with E-state index < -0.39 is 23.9 Å². The lowest BCUT2D eigenvalue weighted by Gasteiger charge is -2.36. The van der Waals surface area contributed by atoms with Crippen LogP contribution >= 0.6 is 23.8 Å². The Bertz CT molecular complexity index is 1060. The molecule has 9 heteroatoms. The molecule has 3 N–H and O–H groups in total. The fraction of sp³-hybridized carbons (Fsp3) is 0.350. The predicted octanol–water partition coefficient (Wildman–Crippen LogP) is 3.62. The number of amides is 1. The summed E-state index contributed by atoms with van der Waals surface area (Å²) in [5, 5.41) is 7.02. The first-order valence-corrected chi connectivity index (χ1v) is 10.1. The first-order valence-electron chi connectivity index (χ1n) is 9.28. The number of nitrogens with zero attached hydrogens (tertiary/aromatic N) is 2. The molecule has 0 aromatic carbocycles. The molecule has 0 unspecified atom stereocenters. The minimum absolute atomic E-state index is 0.124. The SMILES string of the molecule is N[C@@H]1CCCC(F)(F)[C@@H]1NC(=O)C1=CC(Cl)=C(c2cnn3ccccc23)CC1=S. The summed E-state index contributed by atoms with van der Waals surface area (Å²) in [7, 11) is 0. The highest BCUT2D eigenvalue weighted by atomic mass is 35.5. The van der Waals surface area contributed by atoms with Crippen LogP contribution in [0.1, 0.15) is 31.2 Å². The van der Waals surface area contributed by atoms with Crippen molar-refractivity contribution in [2.75, 3.05) is 0 Å². The van der Waals surface area contributed by atoms with Gasteiger partial charge in [-0.1, -0.05) is 29.9 Å². The van der Waals surface area contributed by atoms with Gasteiger partial charge in [0, 0.05) is 40.5 Å². The molecule has 0 aliphatic heterocycles. The highest BCUT2D eigenvalue weighted by molar-refractivity contribution is 7.81. The second-order valence-electron chi connectivity index (χ2n) is 7.34. The number of aromatic nitrogens is 2. The fourth-order valence-electron chi connectivity index (χ4n) is 3.86. The van der Waals surface area contributed by atoms with Gasteiger partial charge in [-0.25, -0.2) is 13.3 Å². The number of allylic oxidation sites excluding steroid dienone is 3. The highest BCUT2D eigenvalue weighted by Crippen LogP contribution is 2.36. The smallest absolute Gasteiger partial charge is 0.269 e. The molecular formula is C20H19ClF2N4OS. The number of hydrogen-bond donors (Lipinski definition) is 2. The van der Waals surface area contributed by atoms with Crippen molar-refractivity contribution >= 4 is 45.7 Å². The zero-order valence-electron chi connectivity index (χ0n) is 15.4. The number of pyridine rings is 1. The van der Waals surface area contributed by atoms with E-state index in [1.54, 1.807) is 10.7 Å². The molecule has 2 aromatic heterocycles. The predicted molar refractivity (Wildman–Crippen MR) is 112 cm³/mol. The van der Waals surface area contributed by atoms with E-state index in [1.165, 1.54) is 6.08 Å². The Morgan fingerprint density at radius 2 is 2.21 bits per heavy atom. The average molecular weight is 437 g/mol. The molecule has 5 nitrogen and oxygen atoms in total. The maximum Gasteiger partial charge on any atom is 0.269 e. The summed E-state index contributed by atoms with van der Waals surface area (Å²) in [6, 6.07) is 3.43. The summed E-state index contributed by atoms with van der Waals surface area (Å²) in [6.45, 7) is 0. The Morgan fingerprint density at radius 1 is 1.41 bits per heavy atom. The number of nitrogens with one attached hydrogen (secondary N) is 1. The third kappa shape index (κ3) is 3.72. The van der Waals surface area contributed by atoms with Gasteiger partial charge in [0.15, 0.2) is 0 Å². The Hall–Kier alpha value is -2.16. The Labute approximate surface area is 176 Å². The van der Waals surface area contributed by atoms with Gasteiger partial charge >= 0.3 is 0 Å². The molecule has 2 aliphatic rings. The van der Waals surface area contributed by atoms with Crippen molar-refractivity contribution in [3.05, 3.63) is 52.8 Å². The highest BCUT2D eigenvalue weighted by Gasteiger charge is 2.47. The Morgan fingerprint density at radius 3 is 2.97 bits per heavy atom. The third-order valence-electron chi connectivity index (χ3n) is 5.41. The third-order valence-corrected chi connectivity index (χ3v) is 6.11. The summed E-state index contributed by atoms with van der Waals surface area (Å²) in [6.07, 6.45) is 5.66. The molecule has 4 rings (SSSR count). The van der Waals surface area contributed by atoms with Crippen molar-refractivity contribution in [2.24, 2.45) is 5.73 Å². The minimum Gasteiger partial charge on any atom is -0.342 e. The molecule has 2 heterocycles. The van der Waals surface area contributed by atoms with Gasteiger partial charge in [-0.15, -0.1) is 0 Å². The maximum atomic E-state index is 14.2. The summed E-state index contributed by atoms with van der Waals surface area (Å²) < 4.78 is 30.2. The van der Waals surface area contributed by atoms with Crippen molar-refractivity contribution in [3.8, 4) is 0 Å². The minimum atomic E-state index is -3.05. The van der Waals surface area contributed by atoms with Crippen LogP contribution in [0.15, 0.2) is 47.3 Å². The summed E-state index contributed by atoms with van der Waals surface area (Å²) in [4.78, 5) is 13.0. The van der Waals surface area contributed by atoms with Crippen LogP contribution in [0.25, 0.3) is 11.1 Å². The first kappa shape index (κ1) is 20.1. The van der Waals surface area contributed by atoms with Gasteiger partial charge in [0.1, 0.15) is 6.04 Å². The lowest BCUT2D eigenvalue weighted by Crippen LogP contribution is -2.60. The van der Waals surface area contributed by atoms with E-state index in [9.17, 15) is 13.6 Å². The standard InChI is InChI=1S/C20H19ClF2N4OS/c21-14-8-12(19(28)26-18-15(24)4-3-6-20(18,22)23)17(29)9-11(14)13-10-25-27-7-2-1-5-16(13)27/h1-2,5,7-8,10,15,18H,3-4,6,9,24H2,(H,26,28)/t15-,18-/m1/s1. The lowest BCUT2D eigenvalue weighted by atomic mass is 9.86. The van der Waals surface area contributed by atoms with E-state index in [0.717, 1.165) is 16.7 Å². The molecule has 1 fully saturated rings. The monoisotopic (exact) mass is 436 g/mol. The van der Waals surface area contributed by atoms with Crippen LogP contribution in [0.3, 0.4) is 0 Å². The van der Waals surface area contributed by atoms with Gasteiger partial charge in [-0.3, -0.25) is 4.79 Å². The van der Waals surface area contributed by atoms with Gasteiger partial charge < -0.3 is 11.1 Å². The van der Waals surface area contributed by atoms with E-state index >= 15 is 0 Å². The van der Waals surface area contributed by atoms with Crippen LogP contribution in [-0.4, -0.2) is 38.4 Å². The second-order valence-corrected chi connectivity index (χ2v) is 8.24. The van der Waals surface area contributed by atoms with Crippen LogP contribution in [0.5, 0.6) is 0 Å². The van der Waals surface area contributed by atoms with Gasteiger partial charge in [0.2, 0.25) is 0 Å². The van der Waals surface area contributed by atoms with Crippen LogP contribution in [0.4, 0.5) is 8.78 Å². The zero-order valence-corrected chi connectivity index (χ0v) is 16.9. The van der Waals surface area contributed by atoms with E-state index in [4.69, 9.17) is 29.6 Å². The molecular weight excluding hydrogens is 418 g/mol. The average Bonchev–Trinajstić information content (AvgIpc) is 3.10. The molecule has 0 bridgehead atoms. The number of carbonyl (C=O) groups excluding carboxylic acids is 1. The number of hydrogen-bond acceptors (Lipinski definition) is 4. The normalized spacial score (nSPS) is 24.6. The molecule has 2 aliphatic carbocycles. The van der Waals surface area contributed by atoms with Gasteiger partial charge in [-0.05, 0) is 36.6 Å². The van der Waals surface area contributed by atoms with E-state index in [2.05, 4.69) is 10.4 Å². The van der Waals surface area contributed by atoms with Crippen LogP contribution in [-0.2, 0) is 4.79 Å². The number of thiocarbonyl (C=S) groups is 1. The first-order chi connectivity index (χ1) is 13.8. The lowest BCUT2D eigenvalue weighted by molar-refractivity contribution is -0.124. The van der Waals surface area contributed by atoms with Crippen LogP contribution in [0, 0.1) is 0 Å². The number of halogens is 3. The molecule has 0 radical (unpaired) electrons. The second kappa shape index (κ2) is 7.59. The Balaban J connectivity index is 1.63. The van der Waals surface area contributed by atoms with Crippen molar-refractivity contribution in [1.29, 1.82) is 0 Å². The van der Waals surface area contributed by atoms with Crippen molar-refractivity contribution in [1.82, 2.24) is 14.9 Å². The Kier molecular flexibility index (Phi) is 5.27. The molecule has 29 heavy (non-hydrogen) atoms. The number of rotatable bonds is 3. The van der Waals surface area contributed by atoms with Crippen LogP contribution in [0.2, 0.25) is 0 Å². The summed E-state index contributed by atoms with van der Waals surface area (Å²) in [5.41, 5.74) is 8.38. The maximum absolute atomic E-state index is 14.2. The van der Waals surface area contributed by atoms with Crippen molar-refractivity contribution in [3.63, 3.8) is 0 Å². The van der Waals surface area contributed by atoms with E-state index in [0.29, 0.717) is 22.7 Å². The summed E-state index contributed by atoms with van der Waals surface area (Å²) >= 11 is 11.9. The molecule has 0 spiro atoms. The zero-order chi connectivity index (χ0) is 20.8. The molecule has 0 saturated heterocycles. The van der Waals surface area contributed by atoms with Crippen molar-refractivity contribution < 1.29 is 13.6 Å². The number of nitrogens with two attached hydrogens (primary N) is 1. The van der Waals surface area contributed by atoms with Gasteiger partial charge in [0.05, 0.1) is 17.3 Å². The molecule has 2 atom stereocenters. The van der Waals surface area contributed by atoms with Gasteiger partial charge in [0.25, 0.3) is 11.8 Å². The van der Waals surface area contributed by atoms with Gasteiger partial charge in [-0.2, -0.15) is 5.10 Å².